The monoisotopic (exact) mass is 325 g/mol. The first-order valence-corrected chi connectivity index (χ1v) is 8.58. The zero-order valence-electron chi connectivity index (χ0n) is 13.7. The molecule has 3 N–H and O–H groups in total. The van der Waals surface area contributed by atoms with Gasteiger partial charge < -0.3 is 20.7 Å². The maximum Gasteiger partial charge on any atom is 0.222 e. The smallest absolute Gasteiger partial charge is 0.222 e. The molecule has 1 fully saturated rings. The van der Waals surface area contributed by atoms with E-state index in [0.29, 0.717) is 11.9 Å². The van der Waals surface area contributed by atoms with E-state index in [4.69, 9.17) is 10.5 Å². The van der Waals surface area contributed by atoms with Gasteiger partial charge in [-0.2, -0.15) is 4.98 Å². The van der Waals surface area contributed by atoms with E-state index in [9.17, 15) is 0 Å². The highest BCUT2D eigenvalue weighted by Gasteiger charge is 2.21. The lowest BCUT2D eigenvalue weighted by Crippen LogP contribution is -2.27. The van der Waals surface area contributed by atoms with Crippen molar-refractivity contribution in [3.05, 3.63) is 41.6 Å². The summed E-state index contributed by atoms with van der Waals surface area (Å²) in [5.41, 5.74) is 9.64. The van der Waals surface area contributed by atoms with Crippen molar-refractivity contribution >= 4 is 17.5 Å². The van der Waals surface area contributed by atoms with Gasteiger partial charge in [0.05, 0.1) is 12.3 Å². The number of hydrogen-bond acceptors (Lipinski definition) is 6. The summed E-state index contributed by atoms with van der Waals surface area (Å²) in [6.45, 7) is 4.37. The van der Waals surface area contributed by atoms with Gasteiger partial charge in [-0.15, -0.1) is 0 Å². The lowest BCUT2D eigenvalue weighted by Gasteiger charge is -2.20. The largest absolute Gasteiger partial charge is 0.381 e. The number of nitrogen functional groups attached to an aromatic ring is 1. The number of ether oxygens (including phenoxy) is 1. The van der Waals surface area contributed by atoms with Crippen LogP contribution in [0, 0.1) is 0 Å². The lowest BCUT2D eigenvalue weighted by atomic mass is 10.0. The maximum atomic E-state index is 5.87. The maximum absolute atomic E-state index is 5.87. The summed E-state index contributed by atoms with van der Waals surface area (Å²) in [6.07, 6.45) is 2.13. The van der Waals surface area contributed by atoms with Crippen LogP contribution in [0.4, 0.5) is 17.5 Å². The SMILES string of the molecule is Nc1nc(NCCN2CCc3ccccc32)cc(C2CCOC2)n1. The Labute approximate surface area is 142 Å². The Morgan fingerprint density at radius 3 is 3.08 bits per heavy atom. The molecule has 0 saturated carbocycles. The topological polar surface area (TPSA) is 76.3 Å². The number of nitrogens with two attached hydrogens (primary N) is 1. The first-order chi connectivity index (χ1) is 11.8. The molecule has 126 valence electrons. The summed E-state index contributed by atoms with van der Waals surface area (Å²) in [5, 5.41) is 3.39. The summed E-state index contributed by atoms with van der Waals surface area (Å²) in [6, 6.07) is 10.6. The van der Waals surface area contributed by atoms with Gasteiger partial charge >= 0.3 is 0 Å². The summed E-state index contributed by atoms with van der Waals surface area (Å²) >= 11 is 0. The second-order valence-electron chi connectivity index (χ2n) is 6.39. The standard InChI is InChI=1S/C18H23N5O/c19-18-21-15(14-6-10-24-12-14)11-17(22-18)20-7-9-23-8-5-13-3-1-2-4-16(13)23/h1-4,11,14H,5-10,12H2,(H3,19,20,21,22). The zero-order valence-corrected chi connectivity index (χ0v) is 13.7. The number of rotatable bonds is 5. The van der Waals surface area contributed by atoms with E-state index in [2.05, 4.69) is 44.5 Å². The van der Waals surface area contributed by atoms with Gasteiger partial charge in [-0.25, -0.2) is 4.98 Å². The number of anilines is 3. The fourth-order valence-electron chi connectivity index (χ4n) is 3.51. The minimum atomic E-state index is 0.327. The van der Waals surface area contributed by atoms with Crippen LogP contribution in [0.1, 0.15) is 23.6 Å². The summed E-state index contributed by atoms with van der Waals surface area (Å²) in [5.74, 6) is 1.46. The number of para-hydroxylation sites is 1. The second-order valence-corrected chi connectivity index (χ2v) is 6.39. The molecule has 1 aromatic carbocycles. The van der Waals surface area contributed by atoms with Crippen molar-refractivity contribution in [2.75, 3.05) is 48.8 Å². The number of nitrogens with zero attached hydrogens (tertiary/aromatic N) is 3. The van der Waals surface area contributed by atoms with Crippen LogP contribution in [-0.4, -0.2) is 42.8 Å². The average Bonchev–Trinajstić information content (AvgIpc) is 3.24. The van der Waals surface area contributed by atoms with Gasteiger partial charge in [0.25, 0.3) is 0 Å². The van der Waals surface area contributed by atoms with Gasteiger partial charge in [0, 0.05) is 43.9 Å². The van der Waals surface area contributed by atoms with E-state index in [-0.39, 0.29) is 0 Å². The van der Waals surface area contributed by atoms with Crippen LogP contribution in [-0.2, 0) is 11.2 Å². The summed E-state index contributed by atoms with van der Waals surface area (Å²) in [7, 11) is 0. The predicted octanol–water partition coefficient (Wildman–Crippen LogP) is 2.04. The van der Waals surface area contributed by atoms with Crippen LogP contribution in [0.3, 0.4) is 0 Å². The van der Waals surface area contributed by atoms with E-state index in [0.717, 1.165) is 57.2 Å². The van der Waals surface area contributed by atoms with Crippen LogP contribution >= 0.6 is 0 Å². The van der Waals surface area contributed by atoms with E-state index in [1.807, 2.05) is 6.07 Å². The van der Waals surface area contributed by atoms with Crippen molar-refractivity contribution in [3.63, 3.8) is 0 Å². The van der Waals surface area contributed by atoms with Crippen molar-refractivity contribution < 1.29 is 4.74 Å². The number of aromatic nitrogens is 2. The second kappa shape index (κ2) is 6.65. The molecule has 24 heavy (non-hydrogen) atoms. The molecule has 4 rings (SSSR count). The lowest BCUT2D eigenvalue weighted by molar-refractivity contribution is 0.193. The van der Waals surface area contributed by atoms with Gasteiger partial charge in [-0.1, -0.05) is 18.2 Å². The molecule has 0 radical (unpaired) electrons. The highest BCUT2D eigenvalue weighted by Crippen LogP contribution is 2.27. The Hall–Kier alpha value is -2.34. The van der Waals surface area contributed by atoms with Crippen LogP contribution in [0.5, 0.6) is 0 Å². The molecule has 2 aliphatic heterocycles. The molecule has 1 atom stereocenters. The van der Waals surface area contributed by atoms with Crippen LogP contribution in [0.15, 0.2) is 30.3 Å². The molecule has 2 aromatic rings. The Kier molecular flexibility index (Phi) is 4.21. The molecule has 6 nitrogen and oxygen atoms in total. The molecule has 1 unspecified atom stereocenters. The molecule has 0 spiro atoms. The molecular formula is C18H23N5O. The highest BCUT2D eigenvalue weighted by atomic mass is 16.5. The normalized spacial score (nSPS) is 19.5. The van der Waals surface area contributed by atoms with E-state index < -0.39 is 0 Å². The van der Waals surface area contributed by atoms with E-state index >= 15 is 0 Å². The van der Waals surface area contributed by atoms with Crippen molar-refractivity contribution in [1.82, 2.24) is 9.97 Å². The molecule has 2 aliphatic rings. The zero-order chi connectivity index (χ0) is 16.4. The average molecular weight is 325 g/mol. The predicted molar refractivity (Wildman–Crippen MR) is 95.5 cm³/mol. The van der Waals surface area contributed by atoms with Gasteiger partial charge in [0.1, 0.15) is 5.82 Å². The molecule has 0 bridgehead atoms. The van der Waals surface area contributed by atoms with Crippen LogP contribution in [0.2, 0.25) is 0 Å². The van der Waals surface area contributed by atoms with Crippen molar-refractivity contribution in [2.45, 2.75) is 18.8 Å². The van der Waals surface area contributed by atoms with Crippen molar-refractivity contribution in [1.29, 1.82) is 0 Å². The van der Waals surface area contributed by atoms with Gasteiger partial charge in [0.2, 0.25) is 5.95 Å². The Morgan fingerprint density at radius 2 is 2.21 bits per heavy atom. The van der Waals surface area contributed by atoms with Crippen LogP contribution in [0.25, 0.3) is 0 Å². The quantitative estimate of drug-likeness (QED) is 0.876. The first kappa shape index (κ1) is 15.2. The third-order valence-electron chi connectivity index (χ3n) is 4.78. The Balaban J connectivity index is 1.38. The van der Waals surface area contributed by atoms with Gasteiger partial charge in [-0.05, 0) is 24.5 Å². The highest BCUT2D eigenvalue weighted by molar-refractivity contribution is 5.58. The third-order valence-corrected chi connectivity index (χ3v) is 4.78. The molecule has 0 amide bonds. The number of fused-ring (bicyclic) bond motifs is 1. The number of hydrogen-bond donors (Lipinski definition) is 2. The molecule has 6 heteroatoms. The van der Waals surface area contributed by atoms with Gasteiger partial charge in [-0.3, -0.25) is 0 Å². The van der Waals surface area contributed by atoms with Crippen molar-refractivity contribution in [3.8, 4) is 0 Å². The fraction of sp³-hybridized carbons (Fsp3) is 0.444. The third kappa shape index (κ3) is 3.14. The molecule has 1 aromatic heterocycles. The Morgan fingerprint density at radius 1 is 1.29 bits per heavy atom. The van der Waals surface area contributed by atoms with Crippen molar-refractivity contribution in [2.24, 2.45) is 0 Å². The molecule has 3 heterocycles. The van der Waals surface area contributed by atoms with E-state index in [1.165, 1.54) is 11.3 Å². The Bertz CT molecular complexity index is 714. The minimum Gasteiger partial charge on any atom is -0.381 e. The van der Waals surface area contributed by atoms with E-state index in [1.54, 1.807) is 0 Å². The fourth-order valence-corrected chi connectivity index (χ4v) is 3.51. The molecule has 1 saturated heterocycles. The minimum absolute atomic E-state index is 0.327. The van der Waals surface area contributed by atoms with Crippen LogP contribution < -0.4 is 16.0 Å². The molecule has 0 aliphatic carbocycles. The number of nitrogens with one attached hydrogen (secondary N) is 1. The van der Waals surface area contributed by atoms with Gasteiger partial charge in [0.15, 0.2) is 0 Å². The molecular weight excluding hydrogens is 302 g/mol. The summed E-state index contributed by atoms with van der Waals surface area (Å²) < 4.78 is 5.44. The number of benzene rings is 1. The summed E-state index contributed by atoms with van der Waals surface area (Å²) in [4.78, 5) is 11.1. The first-order valence-electron chi connectivity index (χ1n) is 8.58.